The number of nitrogens with one attached hydrogen (secondary N) is 1. The Morgan fingerprint density at radius 2 is 2.00 bits per heavy atom. The van der Waals surface area contributed by atoms with Crippen LogP contribution in [-0.2, 0) is 0 Å². The van der Waals surface area contributed by atoms with Crippen LogP contribution in [0.15, 0.2) is 41.5 Å². The minimum absolute atomic E-state index is 0.472. The summed E-state index contributed by atoms with van der Waals surface area (Å²) in [7, 11) is 1.61. The van der Waals surface area contributed by atoms with Gasteiger partial charge in [0.2, 0.25) is 0 Å². The maximum Gasteiger partial charge on any atom is 0.169 e. The van der Waals surface area contributed by atoms with Crippen LogP contribution in [0.1, 0.15) is 18.9 Å². The molecule has 2 rings (SSSR count). The average molecular weight is 353 g/mol. The van der Waals surface area contributed by atoms with E-state index in [0.717, 1.165) is 17.7 Å². The summed E-state index contributed by atoms with van der Waals surface area (Å²) in [5, 5.41) is 5.19. The zero-order valence-electron chi connectivity index (χ0n) is 13.0. The molecule has 0 fully saturated rings. The first-order valence-corrected chi connectivity index (χ1v) is 7.95. The van der Waals surface area contributed by atoms with E-state index < -0.39 is 0 Å². The highest BCUT2D eigenvalue weighted by molar-refractivity contribution is 6.42. The minimum atomic E-state index is 0.472. The maximum atomic E-state index is 5.97. The summed E-state index contributed by atoms with van der Waals surface area (Å²) in [6.07, 6.45) is 2.59. The lowest BCUT2D eigenvalue weighted by Gasteiger charge is -2.12. The predicted molar refractivity (Wildman–Crippen MR) is 96.5 cm³/mol. The van der Waals surface area contributed by atoms with Crippen LogP contribution in [0.3, 0.4) is 0 Å². The molecular weight excluding hydrogens is 335 g/mol. The molecule has 0 radical (unpaired) electrons. The lowest BCUT2D eigenvalue weighted by molar-refractivity contribution is 0.294. The molecule has 0 heterocycles. The number of anilines is 1. The van der Waals surface area contributed by atoms with Gasteiger partial charge >= 0.3 is 0 Å². The van der Waals surface area contributed by atoms with Gasteiger partial charge in [-0.2, -0.15) is 5.10 Å². The Kier molecular flexibility index (Phi) is 6.56. The van der Waals surface area contributed by atoms with Crippen LogP contribution in [-0.4, -0.2) is 19.9 Å². The molecule has 2 aromatic rings. The van der Waals surface area contributed by atoms with E-state index >= 15 is 0 Å². The molecular formula is C17H18Cl2N2O2. The smallest absolute Gasteiger partial charge is 0.169 e. The zero-order chi connectivity index (χ0) is 16.7. The molecule has 2 aromatic carbocycles. The molecule has 0 bridgehead atoms. The first-order valence-electron chi connectivity index (χ1n) is 7.19. The number of ether oxygens (including phenoxy) is 2. The standard InChI is InChI=1S/C17H18Cl2N2O2/c1-3-9-23-17-12(5-4-6-16(17)22-2)11-20-21-13-7-8-14(18)15(19)10-13/h4-8,10-11,21H,3,9H2,1-2H3. The quantitative estimate of drug-likeness (QED) is 0.547. The second kappa shape index (κ2) is 8.65. The van der Waals surface area contributed by atoms with Crippen molar-refractivity contribution in [3.05, 3.63) is 52.0 Å². The van der Waals surface area contributed by atoms with Crippen molar-refractivity contribution >= 4 is 35.1 Å². The predicted octanol–water partition coefficient (Wildman–Crippen LogP) is 5.24. The van der Waals surface area contributed by atoms with Crippen molar-refractivity contribution in [2.75, 3.05) is 19.1 Å². The Labute approximate surface area is 146 Å². The largest absolute Gasteiger partial charge is 0.493 e. The molecule has 0 aromatic heterocycles. The van der Waals surface area contributed by atoms with Crippen LogP contribution in [0.25, 0.3) is 0 Å². The van der Waals surface area contributed by atoms with Crippen molar-refractivity contribution in [3.8, 4) is 11.5 Å². The molecule has 0 saturated heterocycles. The van der Waals surface area contributed by atoms with Crippen LogP contribution in [0.2, 0.25) is 10.0 Å². The van der Waals surface area contributed by atoms with E-state index in [-0.39, 0.29) is 0 Å². The molecule has 0 aliphatic heterocycles. The third kappa shape index (κ3) is 4.78. The van der Waals surface area contributed by atoms with E-state index in [1.54, 1.807) is 31.5 Å². The summed E-state index contributed by atoms with van der Waals surface area (Å²) in [6, 6.07) is 10.9. The van der Waals surface area contributed by atoms with Crippen LogP contribution >= 0.6 is 23.2 Å². The van der Waals surface area contributed by atoms with Crippen molar-refractivity contribution in [1.29, 1.82) is 0 Å². The molecule has 4 nitrogen and oxygen atoms in total. The number of hydrogen-bond donors (Lipinski definition) is 1. The monoisotopic (exact) mass is 352 g/mol. The van der Waals surface area contributed by atoms with Gasteiger partial charge in [-0.25, -0.2) is 0 Å². The van der Waals surface area contributed by atoms with E-state index in [0.29, 0.717) is 28.2 Å². The van der Waals surface area contributed by atoms with Crippen LogP contribution in [0.4, 0.5) is 5.69 Å². The number of benzene rings is 2. The molecule has 1 N–H and O–H groups in total. The summed E-state index contributed by atoms with van der Waals surface area (Å²) < 4.78 is 11.1. The molecule has 0 amide bonds. The normalized spacial score (nSPS) is 10.8. The average Bonchev–Trinajstić information content (AvgIpc) is 2.56. The van der Waals surface area contributed by atoms with Crippen LogP contribution in [0.5, 0.6) is 11.5 Å². The molecule has 0 atom stereocenters. The maximum absolute atomic E-state index is 5.97. The molecule has 0 aliphatic rings. The van der Waals surface area contributed by atoms with E-state index in [9.17, 15) is 0 Å². The lowest BCUT2D eigenvalue weighted by atomic mass is 10.2. The van der Waals surface area contributed by atoms with E-state index in [2.05, 4.69) is 17.5 Å². The Hall–Kier alpha value is -1.91. The Balaban J connectivity index is 2.16. The van der Waals surface area contributed by atoms with Gasteiger partial charge in [0.1, 0.15) is 0 Å². The fourth-order valence-corrected chi connectivity index (χ4v) is 2.19. The first-order chi connectivity index (χ1) is 11.2. The zero-order valence-corrected chi connectivity index (χ0v) is 14.5. The van der Waals surface area contributed by atoms with Gasteiger partial charge in [0.05, 0.1) is 35.7 Å². The molecule has 0 aliphatic carbocycles. The SMILES string of the molecule is CCCOc1c(C=NNc2ccc(Cl)c(Cl)c2)cccc1OC. The number of halogens is 2. The molecule has 122 valence electrons. The van der Waals surface area contributed by atoms with Gasteiger partial charge in [0.15, 0.2) is 11.5 Å². The third-order valence-electron chi connectivity index (χ3n) is 3.00. The van der Waals surface area contributed by atoms with Crippen molar-refractivity contribution in [2.24, 2.45) is 5.10 Å². The lowest BCUT2D eigenvalue weighted by Crippen LogP contribution is -2.01. The summed E-state index contributed by atoms with van der Waals surface area (Å²) in [6.45, 7) is 2.66. The molecule has 0 spiro atoms. The Bertz CT molecular complexity index is 690. The number of methoxy groups -OCH3 is 1. The van der Waals surface area contributed by atoms with Gasteiger partial charge in [-0.15, -0.1) is 0 Å². The molecule has 6 heteroatoms. The highest BCUT2D eigenvalue weighted by Gasteiger charge is 2.08. The van der Waals surface area contributed by atoms with Gasteiger partial charge < -0.3 is 9.47 Å². The van der Waals surface area contributed by atoms with Crippen molar-refractivity contribution in [1.82, 2.24) is 0 Å². The van der Waals surface area contributed by atoms with Gasteiger partial charge in [0, 0.05) is 5.56 Å². The van der Waals surface area contributed by atoms with Gasteiger partial charge in [-0.1, -0.05) is 36.2 Å². The Morgan fingerprint density at radius 3 is 2.70 bits per heavy atom. The third-order valence-corrected chi connectivity index (χ3v) is 3.74. The fourth-order valence-electron chi connectivity index (χ4n) is 1.90. The number of hydrogen-bond acceptors (Lipinski definition) is 4. The second-order valence-electron chi connectivity index (χ2n) is 4.73. The fraction of sp³-hybridized carbons (Fsp3) is 0.235. The Morgan fingerprint density at radius 1 is 1.17 bits per heavy atom. The van der Waals surface area contributed by atoms with Crippen LogP contribution in [0, 0.1) is 0 Å². The van der Waals surface area contributed by atoms with Crippen molar-refractivity contribution in [2.45, 2.75) is 13.3 Å². The van der Waals surface area contributed by atoms with Crippen molar-refractivity contribution < 1.29 is 9.47 Å². The molecule has 0 unspecified atom stereocenters. The van der Waals surface area contributed by atoms with E-state index in [1.165, 1.54) is 0 Å². The summed E-state index contributed by atoms with van der Waals surface area (Å²) in [4.78, 5) is 0. The number of rotatable bonds is 7. The van der Waals surface area contributed by atoms with Gasteiger partial charge in [-0.05, 0) is 36.8 Å². The summed E-state index contributed by atoms with van der Waals surface area (Å²) in [5.74, 6) is 1.36. The van der Waals surface area contributed by atoms with E-state index in [1.807, 2.05) is 18.2 Å². The summed E-state index contributed by atoms with van der Waals surface area (Å²) >= 11 is 11.9. The minimum Gasteiger partial charge on any atom is -0.493 e. The van der Waals surface area contributed by atoms with E-state index in [4.69, 9.17) is 32.7 Å². The number of para-hydroxylation sites is 1. The highest BCUT2D eigenvalue weighted by atomic mass is 35.5. The van der Waals surface area contributed by atoms with Gasteiger partial charge in [-0.3, -0.25) is 5.43 Å². The first kappa shape index (κ1) is 17.4. The molecule has 23 heavy (non-hydrogen) atoms. The molecule has 0 saturated carbocycles. The number of nitrogens with zero attached hydrogens (tertiary/aromatic N) is 1. The topological polar surface area (TPSA) is 42.8 Å². The highest BCUT2D eigenvalue weighted by Crippen LogP contribution is 2.30. The summed E-state index contributed by atoms with van der Waals surface area (Å²) in [5.41, 5.74) is 4.48. The second-order valence-corrected chi connectivity index (χ2v) is 5.54. The van der Waals surface area contributed by atoms with Crippen molar-refractivity contribution in [3.63, 3.8) is 0 Å². The van der Waals surface area contributed by atoms with Crippen LogP contribution < -0.4 is 14.9 Å². The van der Waals surface area contributed by atoms with Gasteiger partial charge in [0.25, 0.3) is 0 Å². The number of hydrazone groups is 1.